The summed E-state index contributed by atoms with van der Waals surface area (Å²) in [5, 5.41) is 7.44. The van der Waals surface area contributed by atoms with Crippen LogP contribution in [0.3, 0.4) is 0 Å². The summed E-state index contributed by atoms with van der Waals surface area (Å²) in [4.78, 5) is 2.48. The van der Waals surface area contributed by atoms with Gasteiger partial charge in [0.05, 0.1) is 5.69 Å². The first-order chi connectivity index (χ1) is 33.8. The summed E-state index contributed by atoms with van der Waals surface area (Å²) in [6.07, 6.45) is 6.69. The van der Waals surface area contributed by atoms with Crippen molar-refractivity contribution in [3.8, 4) is 44.5 Å². The van der Waals surface area contributed by atoms with E-state index >= 15 is 4.39 Å². The predicted octanol–water partition coefficient (Wildman–Crippen LogP) is 18.1. The zero-order chi connectivity index (χ0) is 45.8. The minimum atomic E-state index is -0.178. The van der Waals surface area contributed by atoms with Crippen LogP contribution >= 0.6 is 0 Å². The highest BCUT2D eigenvalue weighted by Crippen LogP contribution is 2.69. The molecular weight excluding hydrogens is 838 g/mol. The lowest BCUT2D eigenvalue weighted by Gasteiger charge is -2.61. The van der Waals surface area contributed by atoms with Crippen molar-refractivity contribution in [2.24, 2.45) is 23.7 Å². The number of hydrogen-bond donors (Lipinski definition) is 0. The van der Waals surface area contributed by atoms with Gasteiger partial charge in [0.25, 0.3) is 0 Å². The van der Waals surface area contributed by atoms with E-state index in [1.165, 1.54) is 126 Å². The van der Waals surface area contributed by atoms with Crippen molar-refractivity contribution in [1.29, 1.82) is 0 Å². The van der Waals surface area contributed by atoms with Crippen LogP contribution in [0.1, 0.15) is 68.2 Å². The van der Waals surface area contributed by atoms with Gasteiger partial charge in [-0.2, -0.15) is 0 Å². The summed E-state index contributed by atoms with van der Waals surface area (Å²) in [6.45, 7) is 4.76. The van der Waals surface area contributed by atoms with Crippen molar-refractivity contribution in [2.75, 3.05) is 4.90 Å². The monoisotopic (exact) mass is 889 g/mol. The molecule has 0 aromatic heterocycles. The van der Waals surface area contributed by atoms with Gasteiger partial charge in [-0.05, 0) is 204 Å². The third-order valence-corrected chi connectivity index (χ3v) is 18.1. The Morgan fingerprint density at radius 2 is 0.913 bits per heavy atom. The van der Waals surface area contributed by atoms with Crippen LogP contribution in [-0.4, -0.2) is 0 Å². The summed E-state index contributed by atoms with van der Waals surface area (Å²) in [7, 11) is 0. The third kappa shape index (κ3) is 5.58. The first-order valence-electron chi connectivity index (χ1n) is 25.3. The topological polar surface area (TPSA) is 3.24 Å². The van der Waals surface area contributed by atoms with Gasteiger partial charge in [-0.3, -0.25) is 0 Å². The lowest BCUT2D eigenvalue weighted by molar-refractivity contribution is -0.0399. The first-order valence-corrected chi connectivity index (χ1v) is 25.3. The number of halogens is 1. The SMILES string of the molecule is CC1(C)c2ccc(-c3ccc4c(c3)-c3cc(F)ccc3C43C4CC5CC(C4)CC3C5)cc2-c2cc(N(c3ccc(-c4cccc5ccccc45)cc3)c3cc4ccccc4c4ccccc34)ccc21. The maximum atomic E-state index is 15.3. The number of benzene rings is 10. The predicted molar refractivity (Wildman–Crippen MR) is 285 cm³/mol. The Morgan fingerprint density at radius 3 is 1.64 bits per heavy atom. The minimum Gasteiger partial charge on any atom is -0.310 e. The molecule has 10 aromatic carbocycles. The molecular formula is C67H52FN. The number of hydrogen-bond acceptors (Lipinski definition) is 1. The van der Waals surface area contributed by atoms with E-state index in [0.29, 0.717) is 11.8 Å². The number of anilines is 3. The summed E-state index contributed by atoms with van der Waals surface area (Å²) in [5.74, 6) is 2.89. The maximum Gasteiger partial charge on any atom is 0.123 e. The minimum absolute atomic E-state index is 0.0140. The van der Waals surface area contributed by atoms with Gasteiger partial charge in [0.1, 0.15) is 5.82 Å². The Kier molecular flexibility index (Phi) is 8.27. The van der Waals surface area contributed by atoms with Crippen LogP contribution in [0.2, 0.25) is 0 Å². The molecule has 69 heavy (non-hydrogen) atoms. The molecule has 6 aliphatic carbocycles. The summed E-state index contributed by atoms with van der Waals surface area (Å²) >= 11 is 0. The van der Waals surface area contributed by atoms with E-state index in [1.54, 1.807) is 6.07 Å². The molecule has 332 valence electrons. The van der Waals surface area contributed by atoms with Gasteiger partial charge >= 0.3 is 0 Å². The van der Waals surface area contributed by atoms with E-state index in [2.05, 4.69) is 201 Å². The zero-order valence-corrected chi connectivity index (χ0v) is 39.1. The second-order valence-electron chi connectivity index (χ2n) is 21.8. The molecule has 0 N–H and O–H groups in total. The van der Waals surface area contributed by atoms with Crippen LogP contribution in [-0.2, 0) is 10.8 Å². The van der Waals surface area contributed by atoms with Crippen molar-refractivity contribution >= 4 is 49.4 Å². The van der Waals surface area contributed by atoms with Crippen LogP contribution in [0.15, 0.2) is 194 Å². The fourth-order valence-electron chi connectivity index (χ4n) is 15.3. The highest BCUT2D eigenvalue weighted by atomic mass is 19.1. The Morgan fingerprint density at radius 1 is 0.391 bits per heavy atom. The highest BCUT2D eigenvalue weighted by molar-refractivity contribution is 6.14. The van der Waals surface area contributed by atoms with Crippen LogP contribution in [0.4, 0.5) is 21.5 Å². The van der Waals surface area contributed by atoms with E-state index in [9.17, 15) is 0 Å². The Labute approximate surface area is 403 Å². The number of nitrogens with zero attached hydrogens (tertiary/aromatic N) is 1. The fourth-order valence-corrected chi connectivity index (χ4v) is 15.3. The van der Waals surface area contributed by atoms with E-state index in [4.69, 9.17) is 0 Å². The molecule has 0 aliphatic heterocycles. The molecule has 0 saturated heterocycles. The molecule has 0 amide bonds. The third-order valence-electron chi connectivity index (χ3n) is 18.1. The van der Waals surface area contributed by atoms with Crippen LogP contribution in [0.5, 0.6) is 0 Å². The van der Waals surface area contributed by atoms with E-state index in [-0.39, 0.29) is 16.6 Å². The van der Waals surface area contributed by atoms with Crippen molar-refractivity contribution in [3.63, 3.8) is 0 Å². The van der Waals surface area contributed by atoms with Crippen LogP contribution in [0.25, 0.3) is 76.8 Å². The molecule has 1 nitrogen and oxygen atoms in total. The maximum absolute atomic E-state index is 15.3. The second-order valence-corrected chi connectivity index (χ2v) is 21.8. The van der Waals surface area contributed by atoms with Crippen LogP contribution in [0, 0.1) is 29.5 Å². The van der Waals surface area contributed by atoms with Gasteiger partial charge in [-0.15, -0.1) is 0 Å². The van der Waals surface area contributed by atoms with Crippen molar-refractivity contribution in [3.05, 3.63) is 222 Å². The number of fused-ring (bicyclic) bond motifs is 10. The van der Waals surface area contributed by atoms with Crippen molar-refractivity contribution in [1.82, 2.24) is 0 Å². The molecule has 0 radical (unpaired) electrons. The second kappa shape index (κ2) is 14.4. The van der Waals surface area contributed by atoms with Gasteiger partial charge in [0.2, 0.25) is 0 Å². The molecule has 4 bridgehead atoms. The van der Waals surface area contributed by atoms with Gasteiger partial charge in [0.15, 0.2) is 0 Å². The summed E-state index contributed by atoms with van der Waals surface area (Å²) < 4.78 is 15.3. The van der Waals surface area contributed by atoms with Gasteiger partial charge in [-0.25, -0.2) is 4.39 Å². The Balaban J connectivity index is 0.881. The summed E-state index contributed by atoms with van der Waals surface area (Å²) in [6, 6.07) is 71.8. The number of rotatable bonds is 5. The van der Waals surface area contributed by atoms with E-state index in [1.807, 2.05) is 6.07 Å². The molecule has 4 saturated carbocycles. The molecule has 0 atom stereocenters. The van der Waals surface area contributed by atoms with Gasteiger partial charge in [0, 0.05) is 27.6 Å². The average molecular weight is 890 g/mol. The normalized spacial score (nSPS) is 22.0. The quantitative estimate of drug-likeness (QED) is 0.156. The molecule has 0 heterocycles. The fraction of sp³-hybridized carbons (Fsp3) is 0.194. The zero-order valence-electron chi connectivity index (χ0n) is 39.1. The molecule has 16 rings (SSSR count). The largest absolute Gasteiger partial charge is 0.310 e. The average Bonchev–Trinajstić information content (AvgIpc) is 3.79. The first kappa shape index (κ1) is 39.7. The standard InChI is InChI=1S/C67H52FN/c1-66(2)61-26-20-44(45-21-27-63-58(36-45)59-38-49(68)22-28-64(59)67(63)47-31-40-30-41(33-47)34-48(67)32-40)35-57(61)60-39-51(25-29-62(60)66)69(65-37-46-11-4-6-14-54(46)55-15-7-8-16-56(55)65)50-23-18-43(19-24-50)53-17-9-12-42-10-3-5-13-52(42)53/h3-29,35-41,47-48H,30-34H2,1-2H3. The Hall–Kier alpha value is -7.29. The molecule has 2 heteroatoms. The van der Waals surface area contributed by atoms with Crippen LogP contribution < -0.4 is 4.90 Å². The van der Waals surface area contributed by atoms with Crippen molar-refractivity contribution in [2.45, 2.75) is 56.8 Å². The van der Waals surface area contributed by atoms with Crippen molar-refractivity contribution < 1.29 is 4.39 Å². The molecule has 4 fully saturated rings. The lowest BCUT2D eigenvalue weighted by Crippen LogP contribution is -2.55. The lowest BCUT2D eigenvalue weighted by atomic mass is 9.43. The Bertz CT molecular complexity index is 3770. The molecule has 6 aliphatic rings. The summed E-state index contributed by atoms with van der Waals surface area (Å²) in [5.41, 5.74) is 18.6. The molecule has 1 spiro atoms. The molecule has 0 unspecified atom stereocenters. The van der Waals surface area contributed by atoms with Gasteiger partial charge in [-0.1, -0.05) is 153 Å². The highest BCUT2D eigenvalue weighted by Gasteiger charge is 2.61. The molecule has 10 aromatic rings. The van der Waals surface area contributed by atoms with Gasteiger partial charge < -0.3 is 4.90 Å². The van der Waals surface area contributed by atoms with E-state index < -0.39 is 0 Å². The smallest absolute Gasteiger partial charge is 0.123 e. The van der Waals surface area contributed by atoms with E-state index in [0.717, 1.165) is 34.5 Å².